The zero-order chi connectivity index (χ0) is 13.7. The zero-order valence-electron chi connectivity index (χ0n) is 11.3. The first-order valence-electron chi connectivity index (χ1n) is 6.84. The van der Waals surface area contributed by atoms with Crippen molar-refractivity contribution >= 4 is 11.7 Å². The molecule has 5 nitrogen and oxygen atoms in total. The summed E-state index contributed by atoms with van der Waals surface area (Å²) in [7, 11) is 0. The van der Waals surface area contributed by atoms with E-state index in [1.54, 1.807) is 17.2 Å². The number of likely N-dealkylation sites (tertiary alicyclic amines) is 1. The predicted octanol–water partition coefficient (Wildman–Crippen LogP) is 1.36. The number of hydrogen-bond acceptors (Lipinski definition) is 4. The molecule has 1 aromatic heterocycles. The van der Waals surface area contributed by atoms with E-state index in [-0.39, 0.29) is 18.4 Å². The molecule has 19 heavy (non-hydrogen) atoms. The summed E-state index contributed by atoms with van der Waals surface area (Å²) in [5.74, 6) is 1.03. The Balaban J connectivity index is 1.96. The van der Waals surface area contributed by atoms with Crippen LogP contribution in [0.15, 0.2) is 18.3 Å². The molecule has 1 saturated heterocycles. The summed E-state index contributed by atoms with van der Waals surface area (Å²) in [5, 5.41) is 12.3. The highest BCUT2D eigenvalue weighted by Gasteiger charge is 2.26. The molecule has 1 atom stereocenters. The van der Waals surface area contributed by atoms with Crippen molar-refractivity contribution in [2.45, 2.75) is 19.8 Å². The molecule has 2 rings (SSSR count). The smallest absolute Gasteiger partial charge is 0.255 e. The van der Waals surface area contributed by atoms with Crippen LogP contribution >= 0.6 is 0 Å². The molecular weight excluding hydrogens is 242 g/mol. The van der Waals surface area contributed by atoms with Crippen LogP contribution < -0.4 is 5.32 Å². The second kappa shape index (κ2) is 6.52. The van der Waals surface area contributed by atoms with Gasteiger partial charge in [0.2, 0.25) is 0 Å². The molecule has 104 valence electrons. The summed E-state index contributed by atoms with van der Waals surface area (Å²) in [6.07, 6.45) is 3.54. The highest BCUT2D eigenvalue weighted by molar-refractivity contribution is 5.94. The number of hydrogen-bond donors (Lipinski definition) is 2. The van der Waals surface area contributed by atoms with E-state index in [1.807, 2.05) is 6.07 Å². The largest absolute Gasteiger partial charge is 0.396 e. The highest BCUT2D eigenvalue weighted by Crippen LogP contribution is 2.18. The van der Waals surface area contributed by atoms with Crippen molar-refractivity contribution in [2.75, 3.05) is 31.6 Å². The van der Waals surface area contributed by atoms with E-state index in [4.69, 9.17) is 5.11 Å². The molecular formula is C14H21N3O2. The zero-order valence-corrected chi connectivity index (χ0v) is 11.3. The first-order valence-corrected chi connectivity index (χ1v) is 6.84. The minimum absolute atomic E-state index is 0.00508. The van der Waals surface area contributed by atoms with Crippen molar-refractivity contribution < 1.29 is 9.90 Å². The highest BCUT2D eigenvalue weighted by atomic mass is 16.3. The predicted molar refractivity (Wildman–Crippen MR) is 74.1 cm³/mol. The van der Waals surface area contributed by atoms with Crippen LogP contribution in [-0.4, -0.2) is 47.1 Å². The normalized spacial score (nSPS) is 18.6. The van der Waals surface area contributed by atoms with Crippen molar-refractivity contribution in [1.29, 1.82) is 0 Å². The molecule has 1 aromatic rings. The Bertz CT molecular complexity index is 419. The Kier molecular flexibility index (Phi) is 4.74. The van der Waals surface area contributed by atoms with Crippen LogP contribution in [0.25, 0.3) is 0 Å². The Morgan fingerprint density at radius 2 is 2.42 bits per heavy atom. The van der Waals surface area contributed by atoms with E-state index in [9.17, 15) is 4.79 Å². The number of nitrogens with one attached hydrogen (secondary N) is 1. The first-order chi connectivity index (χ1) is 9.24. The van der Waals surface area contributed by atoms with Gasteiger partial charge in [-0.3, -0.25) is 4.79 Å². The average molecular weight is 263 g/mol. The van der Waals surface area contributed by atoms with Crippen LogP contribution in [0.5, 0.6) is 0 Å². The van der Waals surface area contributed by atoms with Gasteiger partial charge in [-0.2, -0.15) is 0 Å². The second-order valence-corrected chi connectivity index (χ2v) is 4.95. The van der Waals surface area contributed by atoms with E-state index in [0.29, 0.717) is 12.1 Å². The quantitative estimate of drug-likeness (QED) is 0.842. The van der Waals surface area contributed by atoms with Crippen LogP contribution in [-0.2, 0) is 0 Å². The third-order valence-corrected chi connectivity index (χ3v) is 3.40. The third kappa shape index (κ3) is 3.44. The molecule has 1 aliphatic heterocycles. The summed E-state index contributed by atoms with van der Waals surface area (Å²) in [5.41, 5.74) is 0.612. The fourth-order valence-corrected chi connectivity index (χ4v) is 2.23. The molecule has 0 aliphatic carbocycles. The number of pyridine rings is 1. The van der Waals surface area contributed by atoms with Crippen LogP contribution in [0.4, 0.5) is 5.82 Å². The lowest BCUT2D eigenvalue weighted by molar-refractivity contribution is 0.0781. The van der Waals surface area contributed by atoms with Gasteiger partial charge in [-0.25, -0.2) is 4.98 Å². The minimum atomic E-state index is 0.00508. The van der Waals surface area contributed by atoms with Crippen molar-refractivity contribution in [2.24, 2.45) is 5.92 Å². The molecule has 1 unspecified atom stereocenters. The number of carbonyl (C=O) groups is 1. The standard InChI is InChI=1S/C14H21N3O2/c1-2-6-15-13-4-3-12(8-16-13)14(19)17-7-5-11(9-17)10-18/h3-4,8,11,18H,2,5-7,9-10H2,1H3,(H,15,16). The summed E-state index contributed by atoms with van der Waals surface area (Å²) in [6, 6.07) is 3.64. The van der Waals surface area contributed by atoms with E-state index in [2.05, 4.69) is 17.2 Å². The maximum atomic E-state index is 12.2. The van der Waals surface area contributed by atoms with Crippen LogP contribution in [0.1, 0.15) is 30.1 Å². The molecule has 1 aliphatic rings. The van der Waals surface area contributed by atoms with Crippen LogP contribution in [0.2, 0.25) is 0 Å². The van der Waals surface area contributed by atoms with E-state index < -0.39 is 0 Å². The van der Waals surface area contributed by atoms with Gasteiger partial charge < -0.3 is 15.3 Å². The van der Waals surface area contributed by atoms with Gasteiger partial charge in [0.25, 0.3) is 5.91 Å². The van der Waals surface area contributed by atoms with Crippen molar-refractivity contribution in [3.63, 3.8) is 0 Å². The topological polar surface area (TPSA) is 65.5 Å². The SMILES string of the molecule is CCCNc1ccc(C(=O)N2CCC(CO)C2)cn1. The third-order valence-electron chi connectivity index (χ3n) is 3.40. The van der Waals surface area contributed by atoms with Gasteiger partial charge in [0.1, 0.15) is 5.82 Å². The number of anilines is 1. The van der Waals surface area contributed by atoms with Gasteiger partial charge in [-0.05, 0) is 25.0 Å². The maximum Gasteiger partial charge on any atom is 0.255 e. The van der Waals surface area contributed by atoms with E-state index in [1.165, 1.54) is 0 Å². The summed E-state index contributed by atoms with van der Waals surface area (Å²) < 4.78 is 0. The lowest BCUT2D eigenvalue weighted by Crippen LogP contribution is -2.29. The molecule has 1 fully saturated rings. The molecule has 0 bridgehead atoms. The Hall–Kier alpha value is -1.62. The minimum Gasteiger partial charge on any atom is -0.396 e. The average Bonchev–Trinajstić information content (AvgIpc) is 2.94. The lowest BCUT2D eigenvalue weighted by atomic mass is 10.1. The Morgan fingerprint density at radius 1 is 1.58 bits per heavy atom. The number of nitrogens with zero attached hydrogens (tertiary/aromatic N) is 2. The van der Waals surface area contributed by atoms with Crippen LogP contribution in [0, 0.1) is 5.92 Å². The second-order valence-electron chi connectivity index (χ2n) is 4.95. The number of aromatic nitrogens is 1. The number of aliphatic hydroxyl groups excluding tert-OH is 1. The van der Waals surface area contributed by atoms with Gasteiger partial charge in [0, 0.05) is 38.4 Å². The maximum absolute atomic E-state index is 12.2. The fourth-order valence-electron chi connectivity index (χ4n) is 2.23. The molecule has 5 heteroatoms. The van der Waals surface area contributed by atoms with Gasteiger partial charge in [0.05, 0.1) is 5.56 Å². The van der Waals surface area contributed by atoms with Crippen molar-refractivity contribution in [1.82, 2.24) is 9.88 Å². The molecule has 0 spiro atoms. The van der Waals surface area contributed by atoms with Gasteiger partial charge >= 0.3 is 0 Å². The summed E-state index contributed by atoms with van der Waals surface area (Å²) in [4.78, 5) is 18.2. The fraction of sp³-hybridized carbons (Fsp3) is 0.571. The number of aliphatic hydroxyl groups is 1. The van der Waals surface area contributed by atoms with Crippen molar-refractivity contribution in [3.05, 3.63) is 23.9 Å². The summed E-state index contributed by atoms with van der Waals surface area (Å²) >= 11 is 0. The van der Waals surface area contributed by atoms with E-state index in [0.717, 1.165) is 31.7 Å². The Morgan fingerprint density at radius 3 is 3.00 bits per heavy atom. The van der Waals surface area contributed by atoms with E-state index >= 15 is 0 Å². The van der Waals surface area contributed by atoms with Crippen molar-refractivity contribution in [3.8, 4) is 0 Å². The monoisotopic (exact) mass is 263 g/mol. The lowest BCUT2D eigenvalue weighted by Gasteiger charge is -2.16. The van der Waals surface area contributed by atoms with Gasteiger partial charge in [-0.1, -0.05) is 6.92 Å². The number of rotatable bonds is 5. The first kappa shape index (κ1) is 13.8. The van der Waals surface area contributed by atoms with Crippen LogP contribution in [0.3, 0.4) is 0 Å². The van der Waals surface area contributed by atoms with Gasteiger partial charge in [-0.15, -0.1) is 0 Å². The molecule has 1 amide bonds. The molecule has 0 saturated carbocycles. The molecule has 2 N–H and O–H groups in total. The molecule has 2 heterocycles. The number of amides is 1. The molecule has 0 aromatic carbocycles. The molecule has 0 radical (unpaired) electrons. The Labute approximate surface area is 113 Å². The summed E-state index contributed by atoms with van der Waals surface area (Å²) in [6.45, 7) is 4.49. The van der Waals surface area contributed by atoms with Gasteiger partial charge in [0.15, 0.2) is 0 Å². The number of carbonyl (C=O) groups excluding carboxylic acids is 1.